The topological polar surface area (TPSA) is 76.0 Å². The molecule has 130 valence electrons. The minimum Gasteiger partial charge on any atom is -0.511 e. The lowest BCUT2D eigenvalue weighted by Crippen LogP contribution is -2.36. The summed E-state index contributed by atoms with van der Waals surface area (Å²) >= 11 is 0. The van der Waals surface area contributed by atoms with Gasteiger partial charge < -0.3 is 19.7 Å². The minimum absolute atomic E-state index is 0.106. The molecule has 1 aromatic rings. The molecule has 0 amide bonds. The molecule has 0 saturated heterocycles. The molecule has 1 unspecified atom stereocenters. The summed E-state index contributed by atoms with van der Waals surface area (Å²) in [5, 5.41) is 20.2. The predicted octanol–water partition coefficient (Wildman–Crippen LogP) is 3.75. The number of phenolic OH excluding ortho intramolecular Hbond substituents is 1. The highest BCUT2D eigenvalue weighted by molar-refractivity contribution is 6.02. The highest BCUT2D eigenvalue weighted by atomic mass is 16.7. The number of aromatic hydroxyl groups is 1. The Kier molecular flexibility index (Phi) is 6.17. The third-order valence-electron chi connectivity index (χ3n) is 3.70. The molecule has 1 aromatic carbocycles. The molecular formula is C19H24O5. The van der Waals surface area contributed by atoms with Crippen LogP contribution in [-0.4, -0.2) is 35.0 Å². The first kappa shape index (κ1) is 18.2. The van der Waals surface area contributed by atoms with Gasteiger partial charge in [-0.25, -0.2) is 0 Å². The van der Waals surface area contributed by atoms with Gasteiger partial charge in [0.05, 0.1) is 24.7 Å². The van der Waals surface area contributed by atoms with Gasteiger partial charge in [-0.15, -0.1) is 0 Å². The van der Waals surface area contributed by atoms with Crippen LogP contribution in [0.1, 0.15) is 37.0 Å². The van der Waals surface area contributed by atoms with Crippen molar-refractivity contribution in [3.05, 3.63) is 53.8 Å². The molecule has 5 nitrogen and oxygen atoms in total. The number of aliphatic hydroxyl groups is 1. The summed E-state index contributed by atoms with van der Waals surface area (Å²) in [6.07, 6.45) is 6.26. The van der Waals surface area contributed by atoms with Crippen molar-refractivity contribution in [2.75, 3.05) is 13.2 Å². The van der Waals surface area contributed by atoms with Crippen molar-refractivity contribution in [3.63, 3.8) is 0 Å². The maximum absolute atomic E-state index is 12.6. The van der Waals surface area contributed by atoms with Crippen LogP contribution in [0, 0.1) is 5.92 Å². The van der Waals surface area contributed by atoms with E-state index in [1.165, 1.54) is 18.2 Å². The zero-order chi connectivity index (χ0) is 17.6. The van der Waals surface area contributed by atoms with Gasteiger partial charge in [-0.2, -0.15) is 0 Å². The third kappa shape index (κ3) is 4.04. The quantitative estimate of drug-likeness (QED) is 0.431. The SMILES string of the molecule is CCCOC1(OCCC)C=CC(C(=O)c2ccccc2O)C(O)=C1. The molecule has 1 aliphatic carbocycles. The van der Waals surface area contributed by atoms with E-state index in [0.29, 0.717) is 13.2 Å². The Hall–Kier alpha value is -2.11. The Labute approximate surface area is 142 Å². The van der Waals surface area contributed by atoms with Crippen molar-refractivity contribution >= 4 is 5.78 Å². The van der Waals surface area contributed by atoms with Gasteiger partial charge >= 0.3 is 0 Å². The predicted molar refractivity (Wildman–Crippen MR) is 91.0 cm³/mol. The van der Waals surface area contributed by atoms with E-state index in [-0.39, 0.29) is 22.9 Å². The molecule has 0 spiro atoms. The number of hydrogen-bond donors (Lipinski definition) is 2. The first-order valence-electron chi connectivity index (χ1n) is 8.24. The van der Waals surface area contributed by atoms with Crippen molar-refractivity contribution < 1.29 is 24.5 Å². The fraction of sp³-hybridized carbons (Fsp3) is 0.421. The van der Waals surface area contributed by atoms with Gasteiger partial charge in [0, 0.05) is 6.08 Å². The van der Waals surface area contributed by atoms with Crippen molar-refractivity contribution in [3.8, 4) is 5.75 Å². The molecule has 0 aliphatic heterocycles. The fourth-order valence-corrected chi connectivity index (χ4v) is 2.49. The lowest BCUT2D eigenvalue weighted by molar-refractivity contribution is -0.174. The number of para-hydroxylation sites is 1. The maximum Gasteiger partial charge on any atom is 0.211 e. The Morgan fingerprint density at radius 1 is 1.12 bits per heavy atom. The minimum atomic E-state index is -1.15. The number of Topliss-reactive ketones (excluding diaryl/α,β-unsaturated/α-hetero) is 1. The number of ether oxygens (including phenoxy) is 2. The molecule has 24 heavy (non-hydrogen) atoms. The number of aliphatic hydroxyl groups excluding tert-OH is 1. The standard InChI is InChI=1S/C19H24O5/c1-3-11-23-19(24-12-4-2)10-9-15(17(21)13-19)18(22)14-7-5-6-8-16(14)20/h5-10,13,15,20-21H,3-4,11-12H2,1-2H3. The van der Waals surface area contributed by atoms with Crippen LogP contribution in [0.25, 0.3) is 0 Å². The van der Waals surface area contributed by atoms with E-state index in [2.05, 4.69) is 0 Å². The van der Waals surface area contributed by atoms with Gasteiger partial charge in [0.25, 0.3) is 0 Å². The van der Waals surface area contributed by atoms with E-state index in [4.69, 9.17) is 9.47 Å². The van der Waals surface area contributed by atoms with Crippen molar-refractivity contribution in [1.82, 2.24) is 0 Å². The van der Waals surface area contributed by atoms with Gasteiger partial charge in [0.15, 0.2) is 5.78 Å². The van der Waals surface area contributed by atoms with E-state index in [0.717, 1.165) is 12.8 Å². The van der Waals surface area contributed by atoms with Crippen molar-refractivity contribution in [1.29, 1.82) is 0 Å². The monoisotopic (exact) mass is 332 g/mol. The highest BCUT2D eigenvalue weighted by Crippen LogP contribution is 2.31. The maximum atomic E-state index is 12.6. The van der Waals surface area contributed by atoms with Crippen molar-refractivity contribution in [2.45, 2.75) is 32.5 Å². The molecule has 0 bridgehead atoms. The number of hydrogen-bond acceptors (Lipinski definition) is 5. The molecule has 0 radical (unpaired) electrons. The van der Waals surface area contributed by atoms with E-state index in [1.807, 2.05) is 13.8 Å². The average molecular weight is 332 g/mol. The molecule has 0 saturated carbocycles. The largest absolute Gasteiger partial charge is 0.511 e. The summed E-state index contributed by atoms with van der Waals surface area (Å²) in [5.74, 6) is -2.63. The number of rotatable bonds is 8. The van der Waals surface area contributed by atoms with Crippen LogP contribution in [0.5, 0.6) is 5.75 Å². The fourth-order valence-electron chi connectivity index (χ4n) is 2.49. The van der Waals surface area contributed by atoms with Crippen LogP contribution >= 0.6 is 0 Å². The number of allylic oxidation sites excluding steroid dienone is 1. The van der Waals surface area contributed by atoms with Gasteiger partial charge in [0.2, 0.25) is 5.79 Å². The number of phenols is 1. The van der Waals surface area contributed by atoms with Crippen LogP contribution in [0.15, 0.2) is 48.3 Å². The second-order valence-electron chi connectivity index (χ2n) is 5.71. The average Bonchev–Trinajstić information content (AvgIpc) is 2.58. The van der Waals surface area contributed by atoms with Crippen molar-refractivity contribution in [2.24, 2.45) is 5.92 Å². The molecule has 0 heterocycles. The number of ketones is 1. The lowest BCUT2D eigenvalue weighted by atomic mass is 9.90. The Morgan fingerprint density at radius 2 is 1.75 bits per heavy atom. The first-order valence-corrected chi connectivity index (χ1v) is 8.24. The first-order chi connectivity index (χ1) is 11.5. The van der Waals surface area contributed by atoms with Gasteiger partial charge in [0.1, 0.15) is 11.5 Å². The molecular weight excluding hydrogens is 308 g/mol. The molecule has 1 aliphatic rings. The molecule has 0 aromatic heterocycles. The van der Waals surface area contributed by atoms with E-state index in [9.17, 15) is 15.0 Å². The Balaban J connectivity index is 2.24. The van der Waals surface area contributed by atoms with Crippen LogP contribution in [0.3, 0.4) is 0 Å². The highest BCUT2D eigenvalue weighted by Gasteiger charge is 2.35. The summed E-state index contributed by atoms with van der Waals surface area (Å²) in [4.78, 5) is 12.6. The van der Waals surface area contributed by atoms with Crippen LogP contribution in [-0.2, 0) is 9.47 Å². The number of carbonyl (C=O) groups is 1. The van der Waals surface area contributed by atoms with Crippen LogP contribution in [0.2, 0.25) is 0 Å². The molecule has 1 atom stereocenters. The number of carbonyl (C=O) groups excluding carboxylic acids is 1. The Morgan fingerprint density at radius 3 is 2.29 bits per heavy atom. The summed E-state index contributed by atoms with van der Waals surface area (Å²) in [5.41, 5.74) is 0.170. The smallest absolute Gasteiger partial charge is 0.211 e. The van der Waals surface area contributed by atoms with E-state index in [1.54, 1.807) is 24.3 Å². The molecule has 2 rings (SSSR count). The van der Waals surface area contributed by atoms with E-state index >= 15 is 0 Å². The third-order valence-corrected chi connectivity index (χ3v) is 3.70. The normalized spacial score (nSPS) is 19.1. The molecule has 0 fully saturated rings. The summed E-state index contributed by atoms with van der Waals surface area (Å²) in [7, 11) is 0. The summed E-state index contributed by atoms with van der Waals surface area (Å²) in [6.45, 7) is 4.90. The van der Waals surface area contributed by atoms with E-state index < -0.39 is 11.7 Å². The molecule has 5 heteroatoms. The second-order valence-corrected chi connectivity index (χ2v) is 5.71. The van der Waals surface area contributed by atoms with Crippen LogP contribution in [0.4, 0.5) is 0 Å². The van der Waals surface area contributed by atoms with Crippen LogP contribution < -0.4 is 0 Å². The lowest BCUT2D eigenvalue weighted by Gasteiger charge is -2.32. The number of benzene rings is 1. The van der Waals surface area contributed by atoms with Gasteiger partial charge in [-0.1, -0.05) is 32.1 Å². The second kappa shape index (κ2) is 8.13. The zero-order valence-electron chi connectivity index (χ0n) is 14.1. The summed E-state index contributed by atoms with van der Waals surface area (Å²) in [6, 6.07) is 6.28. The van der Waals surface area contributed by atoms with Gasteiger partial charge in [-0.3, -0.25) is 4.79 Å². The Bertz CT molecular complexity index is 624. The zero-order valence-corrected chi connectivity index (χ0v) is 14.1. The molecule has 2 N–H and O–H groups in total. The van der Waals surface area contributed by atoms with Gasteiger partial charge in [-0.05, 0) is 31.1 Å². The summed E-state index contributed by atoms with van der Waals surface area (Å²) < 4.78 is 11.5.